The Bertz CT molecular complexity index is 1200. The second kappa shape index (κ2) is 9.32. The Morgan fingerprint density at radius 3 is 2.84 bits per heavy atom. The Kier molecular flexibility index (Phi) is 6.15. The van der Waals surface area contributed by atoms with Crippen LogP contribution in [0.15, 0.2) is 70.2 Å². The molecular weight excluding hydrogens is 462 g/mol. The van der Waals surface area contributed by atoms with E-state index >= 15 is 0 Å². The fraction of sp³-hybridized carbons (Fsp3) is 0.0870. The van der Waals surface area contributed by atoms with Crippen molar-refractivity contribution in [1.82, 2.24) is 5.43 Å². The van der Waals surface area contributed by atoms with Gasteiger partial charge in [-0.15, -0.1) is 0 Å². The number of hydrogen-bond donors (Lipinski definition) is 1. The number of carbonyl (C=O) groups excluding carboxylic acids is 1. The summed E-state index contributed by atoms with van der Waals surface area (Å²) in [6, 6.07) is 19.8. The maximum atomic E-state index is 12.3. The summed E-state index contributed by atoms with van der Waals surface area (Å²) >= 11 is 3.48. The standard InChI is InChI=1S/C23H16BrN3O4/c24-19-9-15(5-7-20(19)29-13-18-4-2-1-3-17(18)11-25)12-26-27-23(28)16-6-8-21-22(10-16)31-14-30-21/h1-10,12H,13-14H2,(H,27,28)/b26-12-. The number of hydrazone groups is 1. The number of carbonyl (C=O) groups is 1. The third kappa shape index (κ3) is 4.85. The summed E-state index contributed by atoms with van der Waals surface area (Å²) in [5.74, 6) is 1.43. The van der Waals surface area contributed by atoms with Crippen LogP contribution in [0.1, 0.15) is 27.0 Å². The van der Waals surface area contributed by atoms with Crippen molar-refractivity contribution in [2.24, 2.45) is 5.10 Å². The van der Waals surface area contributed by atoms with Crippen molar-refractivity contribution in [2.45, 2.75) is 6.61 Å². The number of benzene rings is 3. The van der Waals surface area contributed by atoms with Crippen LogP contribution in [-0.2, 0) is 6.61 Å². The van der Waals surface area contributed by atoms with E-state index in [1.807, 2.05) is 30.3 Å². The van der Waals surface area contributed by atoms with Crippen molar-refractivity contribution in [1.29, 1.82) is 5.26 Å². The molecule has 0 unspecified atom stereocenters. The molecule has 0 atom stereocenters. The van der Waals surface area contributed by atoms with Crippen molar-refractivity contribution in [3.63, 3.8) is 0 Å². The van der Waals surface area contributed by atoms with Crippen molar-refractivity contribution in [2.75, 3.05) is 6.79 Å². The van der Waals surface area contributed by atoms with E-state index in [0.29, 0.717) is 28.4 Å². The Labute approximate surface area is 187 Å². The predicted octanol–water partition coefficient (Wildman–Crippen LogP) is 4.39. The molecule has 0 saturated carbocycles. The highest BCUT2D eigenvalue weighted by Gasteiger charge is 2.15. The van der Waals surface area contributed by atoms with E-state index in [0.717, 1.165) is 15.6 Å². The first-order valence-electron chi connectivity index (χ1n) is 9.27. The molecule has 3 aromatic carbocycles. The van der Waals surface area contributed by atoms with E-state index in [1.165, 1.54) is 6.21 Å². The monoisotopic (exact) mass is 477 g/mol. The molecule has 0 aromatic heterocycles. The zero-order valence-electron chi connectivity index (χ0n) is 16.2. The second-order valence-electron chi connectivity index (χ2n) is 6.51. The number of ether oxygens (including phenoxy) is 3. The van der Waals surface area contributed by atoms with Crippen LogP contribution < -0.4 is 19.6 Å². The van der Waals surface area contributed by atoms with Gasteiger partial charge in [0.2, 0.25) is 6.79 Å². The normalized spacial score (nSPS) is 11.9. The lowest BCUT2D eigenvalue weighted by Crippen LogP contribution is -2.17. The lowest BCUT2D eigenvalue weighted by Gasteiger charge is -2.10. The fourth-order valence-electron chi connectivity index (χ4n) is 2.89. The molecule has 0 bridgehead atoms. The summed E-state index contributed by atoms with van der Waals surface area (Å²) in [4.78, 5) is 12.3. The minimum absolute atomic E-state index is 0.151. The van der Waals surface area contributed by atoms with Crippen LogP contribution in [0, 0.1) is 11.3 Å². The molecule has 0 radical (unpaired) electrons. The fourth-order valence-corrected chi connectivity index (χ4v) is 3.40. The summed E-state index contributed by atoms with van der Waals surface area (Å²) in [7, 11) is 0. The smallest absolute Gasteiger partial charge is 0.271 e. The van der Waals surface area contributed by atoms with Gasteiger partial charge in [0.15, 0.2) is 11.5 Å². The van der Waals surface area contributed by atoms with Crippen LogP contribution in [-0.4, -0.2) is 18.9 Å². The van der Waals surface area contributed by atoms with E-state index in [1.54, 1.807) is 30.3 Å². The number of fused-ring (bicyclic) bond motifs is 1. The van der Waals surface area contributed by atoms with Crippen LogP contribution in [0.5, 0.6) is 17.2 Å². The molecule has 0 aliphatic carbocycles. The number of nitrogens with zero attached hydrogens (tertiary/aromatic N) is 2. The van der Waals surface area contributed by atoms with Crippen molar-refractivity contribution in [3.8, 4) is 23.3 Å². The summed E-state index contributed by atoms with van der Waals surface area (Å²) in [5, 5.41) is 13.2. The lowest BCUT2D eigenvalue weighted by molar-refractivity contribution is 0.0954. The number of hydrogen-bond acceptors (Lipinski definition) is 6. The zero-order valence-corrected chi connectivity index (χ0v) is 17.8. The molecule has 3 aromatic rings. The molecule has 31 heavy (non-hydrogen) atoms. The first-order chi connectivity index (χ1) is 15.1. The van der Waals surface area contributed by atoms with E-state index in [-0.39, 0.29) is 19.3 Å². The van der Waals surface area contributed by atoms with Gasteiger partial charge < -0.3 is 14.2 Å². The number of nitrogens with one attached hydrogen (secondary N) is 1. The zero-order chi connectivity index (χ0) is 21.6. The van der Waals surface area contributed by atoms with Gasteiger partial charge >= 0.3 is 0 Å². The van der Waals surface area contributed by atoms with Gasteiger partial charge in [-0.2, -0.15) is 10.4 Å². The largest absolute Gasteiger partial charge is 0.488 e. The predicted molar refractivity (Wildman–Crippen MR) is 117 cm³/mol. The number of halogens is 1. The average molecular weight is 478 g/mol. The van der Waals surface area contributed by atoms with E-state index < -0.39 is 0 Å². The SMILES string of the molecule is N#Cc1ccccc1COc1ccc(/C=N\NC(=O)c2ccc3c(c2)OCO3)cc1Br. The molecular formula is C23H16BrN3O4. The van der Waals surface area contributed by atoms with Crippen LogP contribution >= 0.6 is 15.9 Å². The quantitative estimate of drug-likeness (QED) is 0.419. The van der Waals surface area contributed by atoms with Gasteiger partial charge in [0.1, 0.15) is 12.4 Å². The summed E-state index contributed by atoms with van der Waals surface area (Å²) in [6.45, 7) is 0.430. The van der Waals surface area contributed by atoms with Gasteiger partial charge in [-0.05, 0) is 64.0 Å². The molecule has 0 saturated heterocycles. The highest BCUT2D eigenvalue weighted by atomic mass is 79.9. The topological polar surface area (TPSA) is 92.9 Å². The number of amides is 1. The first-order valence-corrected chi connectivity index (χ1v) is 10.1. The molecule has 1 aliphatic heterocycles. The van der Waals surface area contributed by atoms with Gasteiger partial charge in [-0.1, -0.05) is 18.2 Å². The lowest BCUT2D eigenvalue weighted by atomic mass is 10.1. The van der Waals surface area contributed by atoms with Crippen LogP contribution in [0.2, 0.25) is 0 Å². The molecule has 1 N–H and O–H groups in total. The maximum absolute atomic E-state index is 12.3. The number of nitriles is 1. The van der Waals surface area contributed by atoms with Crippen LogP contribution in [0.3, 0.4) is 0 Å². The van der Waals surface area contributed by atoms with Crippen molar-refractivity contribution >= 4 is 28.1 Å². The molecule has 7 nitrogen and oxygen atoms in total. The molecule has 1 amide bonds. The summed E-state index contributed by atoms with van der Waals surface area (Å²) in [6.07, 6.45) is 1.53. The van der Waals surface area contributed by atoms with Crippen molar-refractivity contribution < 1.29 is 19.0 Å². The Balaban J connectivity index is 1.36. The van der Waals surface area contributed by atoms with Crippen LogP contribution in [0.4, 0.5) is 0 Å². The molecule has 0 spiro atoms. The maximum Gasteiger partial charge on any atom is 0.271 e. The van der Waals surface area contributed by atoms with Gasteiger partial charge in [-0.25, -0.2) is 5.43 Å². The minimum Gasteiger partial charge on any atom is -0.488 e. The summed E-state index contributed by atoms with van der Waals surface area (Å²) in [5.41, 5.74) is 5.07. The van der Waals surface area contributed by atoms with Gasteiger partial charge in [0, 0.05) is 11.1 Å². The third-order valence-electron chi connectivity index (χ3n) is 4.49. The second-order valence-corrected chi connectivity index (χ2v) is 7.37. The highest BCUT2D eigenvalue weighted by molar-refractivity contribution is 9.10. The Hall–Kier alpha value is -3.83. The molecule has 154 valence electrons. The minimum atomic E-state index is -0.357. The molecule has 8 heteroatoms. The molecule has 1 aliphatic rings. The van der Waals surface area contributed by atoms with Gasteiger partial charge in [-0.3, -0.25) is 4.79 Å². The molecule has 4 rings (SSSR count). The van der Waals surface area contributed by atoms with E-state index in [9.17, 15) is 10.1 Å². The van der Waals surface area contributed by atoms with Crippen LogP contribution in [0.25, 0.3) is 0 Å². The first kappa shape index (κ1) is 20.4. The Morgan fingerprint density at radius 1 is 1.16 bits per heavy atom. The van der Waals surface area contributed by atoms with E-state index in [4.69, 9.17) is 14.2 Å². The van der Waals surface area contributed by atoms with Gasteiger partial charge in [0.05, 0.1) is 22.3 Å². The molecule has 0 fully saturated rings. The van der Waals surface area contributed by atoms with Crippen molar-refractivity contribution in [3.05, 3.63) is 87.4 Å². The highest BCUT2D eigenvalue weighted by Crippen LogP contribution is 2.32. The van der Waals surface area contributed by atoms with E-state index in [2.05, 4.69) is 32.5 Å². The van der Waals surface area contributed by atoms with Gasteiger partial charge in [0.25, 0.3) is 5.91 Å². The molecule has 1 heterocycles. The summed E-state index contributed by atoms with van der Waals surface area (Å²) < 4.78 is 17.1. The third-order valence-corrected chi connectivity index (χ3v) is 5.11. The number of rotatable bonds is 6. The Morgan fingerprint density at radius 2 is 2.00 bits per heavy atom. The average Bonchev–Trinajstić information content (AvgIpc) is 3.26.